The zero-order valence-corrected chi connectivity index (χ0v) is 14.5. The lowest BCUT2D eigenvalue weighted by Gasteiger charge is -2.20. The fraction of sp³-hybridized carbons (Fsp3) is 0.800. The lowest BCUT2D eigenvalue weighted by molar-refractivity contribution is 0.391. The number of nitrogens with one attached hydrogen (secondary N) is 1. The largest absolute Gasteiger partial charge is 0.317 e. The molecule has 1 rings (SSSR count). The van der Waals surface area contributed by atoms with E-state index < -0.39 is 0 Å². The summed E-state index contributed by atoms with van der Waals surface area (Å²) >= 11 is 3.72. The molecule has 0 spiro atoms. The Hall–Kier alpha value is -0.350. The fourth-order valence-corrected chi connectivity index (χ4v) is 3.32. The van der Waals surface area contributed by atoms with Gasteiger partial charge in [0.05, 0.1) is 15.9 Å². The molecule has 0 saturated carbocycles. The van der Waals surface area contributed by atoms with Crippen molar-refractivity contribution < 1.29 is 0 Å². The van der Waals surface area contributed by atoms with E-state index in [9.17, 15) is 0 Å². The van der Waals surface area contributed by atoms with Gasteiger partial charge in [-0.05, 0) is 61.5 Å². The maximum Gasteiger partial charge on any atom is 0.0766 e. The van der Waals surface area contributed by atoms with Crippen LogP contribution in [0.3, 0.4) is 0 Å². The third-order valence-corrected chi connectivity index (χ3v) is 4.71. The number of aromatic nitrogens is 2. The summed E-state index contributed by atoms with van der Waals surface area (Å²) in [4.78, 5) is 0. The van der Waals surface area contributed by atoms with E-state index in [0.717, 1.165) is 19.4 Å². The first-order valence-electron chi connectivity index (χ1n) is 7.46. The average Bonchev–Trinajstić information content (AvgIpc) is 2.70. The van der Waals surface area contributed by atoms with Crippen molar-refractivity contribution in [3.8, 4) is 0 Å². The van der Waals surface area contributed by atoms with Crippen molar-refractivity contribution in [2.75, 3.05) is 7.05 Å². The van der Waals surface area contributed by atoms with Crippen LogP contribution in [0.5, 0.6) is 0 Å². The highest BCUT2D eigenvalue weighted by Gasteiger charge is 2.15. The van der Waals surface area contributed by atoms with Crippen LogP contribution in [0.2, 0.25) is 0 Å². The van der Waals surface area contributed by atoms with E-state index in [1.807, 2.05) is 0 Å². The van der Waals surface area contributed by atoms with Gasteiger partial charge in [-0.3, -0.25) is 4.68 Å². The molecule has 1 aromatic rings. The van der Waals surface area contributed by atoms with Crippen LogP contribution < -0.4 is 5.32 Å². The Labute approximate surface area is 126 Å². The van der Waals surface area contributed by atoms with Gasteiger partial charge >= 0.3 is 0 Å². The van der Waals surface area contributed by atoms with Gasteiger partial charge in [0.15, 0.2) is 0 Å². The van der Waals surface area contributed by atoms with E-state index in [1.165, 1.54) is 28.7 Å². The Morgan fingerprint density at radius 2 is 2.00 bits per heavy atom. The Balaban J connectivity index is 2.64. The highest BCUT2D eigenvalue weighted by Crippen LogP contribution is 2.24. The van der Waals surface area contributed by atoms with Gasteiger partial charge in [0.2, 0.25) is 0 Å². The quantitative estimate of drug-likeness (QED) is 0.786. The van der Waals surface area contributed by atoms with Gasteiger partial charge in [-0.1, -0.05) is 20.8 Å². The molecule has 0 aliphatic rings. The molecule has 19 heavy (non-hydrogen) atoms. The van der Waals surface area contributed by atoms with Crippen molar-refractivity contribution in [3.63, 3.8) is 0 Å². The molecule has 4 heteroatoms. The molecule has 0 radical (unpaired) electrons. The van der Waals surface area contributed by atoms with Gasteiger partial charge in [-0.25, -0.2) is 0 Å². The molecule has 0 aliphatic heterocycles. The van der Waals surface area contributed by atoms with Gasteiger partial charge in [0, 0.05) is 12.6 Å². The van der Waals surface area contributed by atoms with E-state index in [2.05, 4.69) is 65.8 Å². The molecule has 1 heterocycles. The normalized spacial score (nSPS) is 13.2. The van der Waals surface area contributed by atoms with E-state index in [0.29, 0.717) is 12.0 Å². The predicted molar refractivity (Wildman–Crippen MR) is 85.6 cm³/mol. The fourth-order valence-electron chi connectivity index (χ4n) is 2.56. The van der Waals surface area contributed by atoms with Gasteiger partial charge in [0.1, 0.15) is 0 Å². The number of hydrogen-bond acceptors (Lipinski definition) is 2. The molecule has 0 fully saturated rings. The Morgan fingerprint density at radius 3 is 2.47 bits per heavy atom. The van der Waals surface area contributed by atoms with Crippen LogP contribution in [0.4, 0.5) is 0 Å². The first-order chi connectivity index (χ1) is 9.04. The van der Waals surface area contributed by atoms with Gasteiger partial charge < -0.3 is 5.32 Å². The lowest BCUT2D eigenvalue weighted by Crippen LogP contribution is -2.30. The summed E-state index contributed by atoms with van der Waals surface area (Å²) in [5.41, 5.74) is 2.55. The van der Waals surface area contributed by atoms with Crippen molar-refractivity contribution in [2.24, 2.45) is 5.92 Å². The first-order valence-corrected chi connectivity index (χ1v) is 8.25. The van der Waals surface area contributed by atoms with Crippen LogP contribution >= 0.6 is 15.9 Å². The van der Waals surface area contributed by atoms with Crippen molar-refractivity contribution >= 4 is 15.9 Å². The molecule has 0 aromatic carbocycles. The maximum absolute atomic E-state index is 4.65. The summed E-state index contributed by atoms with van der Waals surface area (Å²) in [6.07, 6.45) is 4.52. The number of nitrogens with zero attached hydrogens (tertiary/aromatic N) is 2. The van der Waals surface area contributed by atoms with Crippen LogP contribution in [0.25, 0.3) is 0 Å². The Kier molecular flexibility index (Phi) is 7.08. The molecule has 0 bridgehead atoms. The molecule has 110 valence electrons. The van der Waals surface area contributed by atoms with Gasteiger partial charge in [-0.2, -0.15) is 5.10 Å². The number of rotatable bonds is 8. The van der Waals surface area contributed by atoms with E-state index in [-0.39, 0.29) is 0 Å². The second kappa shape index (κ2) is 8.05. The van der Waals surface area contributed by atoms with Gasteiger partial charge in [-0.15, -0.1) is 0 Å². The molecule has 0 amide bonds. The van der Waals surface area contributed by atoms with Crippen LogP contribution in [-0.2, 0) is 19.4 Å². The summed E-state index contributed by atoms with van der Waals surface area (Å²) in [6.45, 7) is 9.83. The minimum Gasteiger partial charge on any atom is -0.317 e. The molecule has 0 saturated heterocycles. The minimum atomic E-state index is 0.613. The average molecular weight is 330 g/mol. The Bertz CT molecular complexity index is 385. The van der Waals surface area contributed by atoms with Crippen molar-refractivity contribution in [1.82, 2.24) is 15.1 Å². The second-order valence-corrected chi connectivity index (χ2v) is 6.20. The molecule has 1 unspecified atom stereocenters. The van der Waals surface area contributed by atoms with Gasteiger partial charge in [0.25, 0.3) is 0 Å². The molecule has 1 aromatic heterocycles. The first kappa shape index (κ1) is 16.7. The summed E-state index contributed by atoms with van der Waals surface area (Å²) in [5.74, 6) is 0.690. The zero-order valence-electron chi connectivity index (χ0n) is 13.0. The molecular weight excluding hydrogens is 302 g/mol. The zero-order chi connectivity index (χ0) is 14.4. The number of aryl methyl sites for hydroxylation is 2. The highest BCUT2D eigenvalue weighted by molar-refractivity contribution is 9.10. The summed E-state index contributed by atoms with van der Waals surface area (Å²) < 4.78 is 3.37. The lowest BCUT2D eigenvalue weighted by atomic mass is 9.98. The topological polar surface area (TPSA) is 29.9 Å². The monoisotopic (exact) mass is 329 g/mol. The maximum atomic E-state index is 4.65. The number of hydrogen-bond donors (Lipinski definition) is 1. The predicted octanol–water partition coefficient (Wildman–Crippen LogP) is 3.79. The van der Waals surface area contributed by atoms with Crippen LogP contribution in [0.15, 0.2) is 4.47 Å². The van der Waals surface area contributed by atoms with Crippen LogP contribution in [0.1, 0.15) is 51.9 Å². The molecular formula is C15H28BrN3. The van der Waals surface area contributed by atoms with E-state index >= 15 is 0 Å². The summed E-state index contributed by atoms with van der Waals surface area (Å²) in [6, 6.07) is 0.613. The highest BCUT2D eigenvalue weighted by atomic mass is 79.9. The SMILES string of the molecule is CCc1nn(CC)c(CCCC(NC)C(C)C)c1Br. The second-order valence-electron chi connectivity index (χ2n) is 5.41. The molecule has 0 aliphatic carbocycles. The van der Waals surface area contributed by atoms with Crippen molar-refractivity contribution in [3.05, 3.63) is 15.9 Å². The van der Waals surface area contributed by atoms with E-state index in [1.54, 1.807) is 0 Å². The van der Waals surface area contributed by atoms with Crippen molar-refractivity contribution in [1.29, 1.82) is 0 Å². The molecule has 1 atom stereocenters. The van der Waals surface area contributed by atoms with E-state index in [4.69, 9.17) is 0 Å². The Morgan fingerprint density at radius 1 is 1.32 bits per heavy atom. The number of halogens is 1. The summed E-state index contributed by atoms with van der Waals surface area (Å²) in [7, 11) is 2.06. The third-order valence-electron chi connectivity index (χ3n) is 3.80. The molecule has 1 N–H and O–H groups in total. The summed E-state index contributed by atoms with van der Waals surface area (Å²) in [5, 5.41) is 8.07. The smallest absolute Gasteiger partial charge is 0.0766 e. The standard InChI is InChI=1S/C15H28BrN3/c1-6-12-15(16)14(19(7-2)18-12)10-8-9-13(17-5)11(3)4/h11,13,17H,6-10H2,1-5H3. The third kappa shape index (κ3) is 4.32. The van der Waals surface area contributed by atoms with Crippen LogP contribution in [0, 0.1) is 5.92 Å². The molecule has 3 nitrogen and oxygen atoms in total. The minimum absolute atomic E-state index is 0.613. The van der Waals surface area contributed by atoms with Crippen molar-refractivity contribution in [2.45, 2.75) is 66.0 Å². The van der Waals surface area contributed by atoms with Crippen LogP contribution in [-0.4, -0.2) is 22.9 Å².